The molecule has 0 unspecified atom stereocenters. The van der Waals surface area contributed by atoms with Crippen LogP contribution in [0.5, 0.6) is 0 Å². The van der Waals surface area contributed by atoms with Crippen molar-refractivity contribution in [1.29, 1.82) is 0 Å². The van der Waals surface area contributed by atoms with Crippen LogP contribution < -0.4 is 5.32 Å². The van der Waals surface area contributed by atoms with Crippen LogP contribution in [-0.4, -0.2) is 99.5 Å². The number of carbonyl (C=O) groups is 5. The number of nitrogens with one attached hydrogen (secondary N) is 1. The van der Waals surface area contributed by atoms with Crippen LogP contribution in [0, 0.1) is 5.92 Å². The zero-order valence-electron chi connectivity index (χ0n) is 21.6. The number of nitrogens with zero attached hydrogens (tertiary/aromatic N) is 3. The molecule has 11 heteroatoms. The zero-order chi connectivity index (χ0) is 26.7. The van der Waals surface area contributed by atoms with Gasteiger partial charge in [-0.25, -0.2) is 4.79 Å². The molecule has 2 aliphatic rings. The van der Waals surface area contributed by atoms with Crippen molar-refractivity contribution in [3.63, 3.8) is 0 Å². The number of hydrogen-bond acceptors (Lipinski definition) is 7. The summed E-state index contributed by atoms with van der Waals surface area (Å²) in [6.45, 7) is 9.91. The van der Waals surface area contributed by atoms with E-state index in [1.54, 1.807) is 47.6 Å². The lowest BCUT2D eigenvalue weighted by Crippen LogP contribution is -2.59. The van der Waals surface area contributed by atoms with Crippen molar-refractivity contribution in [3.8, 4) is 0 Å². The number of amides is 5. The van der Waals surface area contributed by atoms with E-state index in [4.69, 9.17) is 4.74 Å². The minimum absolute atomic E-state index is 0.323. The Bertz CT molecular complexity index is 880. The van der Waals surface area contributed by atoms with Crippen LogP contribution in [0.1, 0.15) is 54.4 Å². The molecule has 0 saturated carbocycles. The van der Waals surface area contributed by atoms with E-state index in [1.807, 2.05) is 0 Å². The number of likely N-dealkylation sites (N-methyl/N-ethyl adjacent to an activating group) is 1. The Balaban J connectivity index is 2.19. The van der Waals surface area contributed by atoms with Crippen molar-refractivity contribution in [2.75, 3.05) is 20.2 Å². The summed E-state index contributed by atoms with van der Waals surface area (Å²) in [5, 5.41) is 12.1. The molecule has 0 aromatic heterocycles. The molecule has 0 radical (unpaired) electrons. The topological polar surface area (TPSA) is 137 Å². The highest BCUT2D eigenvalue weighted by Crippen LogP contribution is 2.26. The predicted molar refractivity (Wildman–Crippen MR) is 127 cm³/mol. The lowest BCUT2D eigenvalue weighted by atomic mass is 9.99. The normalized spacial score (nSPS) is 21.8. The van der Waals surface area contributed by atoms with Gasteiger partial charge in [-0.15, -0.1) is 0 Å². The summed E-state index contributed by atoms with van der Waals surface area (Å²) < 4.78 is 5.16. The Hall–Kier alpha value is -2.95. The highest BCUT2D eigenvalue weighted by atomic mass is 16.6. The van der Waals surface area contributed by atoms with Gasteiger partial charge in [0.2, 0.25) is 11.8 Å². The highest BCUT2D eigenvalue weighted by molar-refractivity contribution is 6.06. The Morgan fingerprint density at radius 3 is 2.37 bits per heavy atom. The van der Waals surface area contributed by atoms with Gasteiger partial charge in [0.25, 0.3) is 11.8 Å². The number of ether oxygens (including phenoxy) is 1. The van der Waals surface area contributed by atoms with E-state index in [0.717, 1.165) is 4.90 Å². The Kier molecular flexibility index (Phi) is 9.05. The quantitative estimate of drug-likeness (QED) is 0.496. The van der Waals surface area contributed by atoms with Crippen LogP contribution in [0.15, 0.2) is 12.2 Å². The molecule has 2 aliphatic heterocycles. The number of imide groups is 1. The van der Waals surface area contributed by atoms with Gasteiger partial charge in [0.05, 0.1) is 12.6 Å². The summed E-state index contributed by atoms with van der Waals surface area (Å²) in [7, 11) is 1.42. The van der Waals surface area contributed by atoms with E-state index in [9.17, 15) is 29.1 Å². The van der Waals surface area contributed by atoms with Crippen LogP contribution in [0.2, 0.25) is 0 Å². The fourth-order valence-corrected chi connectivity index (χ4v) is 4.43. The van der Waals surface area contributed by atoms with Crippen LogP contribution in [-0.2, 0) is 23.9 Å². The van der Waals surface area contributed by atoms with Gasteiger partial charge < -0.3 is 25.0 Å². The van der Waals surface area contributed by atoms with E-state index in [0.29, 0.717) is 19.4 Å². The number of aliphatic hydroxyl groups excluding tert-OH is 1. The third-order valence-electron chi connectivity index (χ3n) is 6.04. The maximum atomic E-state index is 13.6. The molecule has 1 saturated heterocycles. The molecule has 5 amide bonds. The molecule has 0 aromatic rings. The molecule has 2 rings (SSSR count). The second-order valence-electron chi connectivity index (χ2n) is 10.4. The molecule has 0 aromatic carbocycles. The van der Waals surface area contributed by atoms with Crippen LogP contribution >= 0.6 is 0 Å². The number of likely N-dealkylation sites (tertiary alicyclic amines) is 1. The van der Waals surface area contributed by atoms with E-state index in [1.165, 1.54) is 22.9 Å². The fraction of sp³-hybridized carbons (Fsp3) is 0.708. The summed E-state index contributed by atoms with van der Waals surface area (Å²) in [4.78, 5) is 68.0. The standard InChI is InChI=1S/C24H38N4O7/c1-14(2)19(26(7)20(31)16(13-29)25-23(34)35-24(4,5)6)22(33)27-12-8-9-17(27)21(32)28-15(3)10-11-18(28)30/h10-11,14-17,19,29H,8-9,12-13H2,1-7H3,(H,25,34)/t15-,16-,17-,19-/m0/s1. The summed E-state index contributed by atoms with van der Waals surface area (Å²) in [6.07, 6.45) is 3.13. The van der Waals surface area contributed by atoms with E-state index >= 15 is 0 Å². The molecular weight excluding hydrogens is 456 g/mol. The molecule has 11 nitrogen and oxygen atoms in total. The first-order chi connectivity index (χ1) is 16.2. The average molecular weight is 495 g/mol. The largest absolute Gasteiger partial charge is 0.444 e. The van der Waals surface area contributed by atoms with Crippen molar-refractivity contribution < 1.29 is 33.8 Å². The molecule has 4 atom stereocenters. The molecule has 2 heterocycles. The van der Waals surface area contributed by atoms with Crippen molar-refractivity contribution in [2.24, 2.45) is 5.92 Å². The highest BCUT2D eigenvalue weighted by Gasteiger charge is 2.44. The van der Waals surface area contributed by atoms with Gasteiger partial charge in [-0.1, -0.05) is 19.9 Å². The predicted octanol–water partition coefficient (Wildman–Crippen LogP) is 0.660. The lowest BCUT2D eigenvalue weighted by Gasteiger charge is -2.37. The number of alkyl carbamates (subject to hydrolysis) is 1. The SMILES string of the molecule is CC(C)[C@@H](C(=O)N1CCC[C@H]1C(=O)N1C(=O)C=C[C@@H]1C)N(C)C(=O)[C@H](CO)NC(=O)OC(C)(C)C. The van der Waals surface area contributed by atoms with Gasteiger partial charge in [-0.3, -0.25) is 24.1 Å². The maximum Gasteiger partial charge on any atom is 0.408 e. The van der Waals surface area contributed by atoms with Crippen molar-refractivity contribution in [2.45, 2.75) is 84.2 Å². The Morgan fingerprint density at radius 2 is 1.89 bits per heavy atom. The summed E-state index contributed by atoms with van der Waals surface area (Å²) in [5.41, 5.74) is -0.795. The van der Waals surface area contributed by atoms with E-state index in [2.05, 4.69) is 5.32 Å². The van der Waals surface area contributed by atoms with Gasteiger partial charge >= 0.3 is 6.09 Å². The van der Waals surface area contributed by atoms with Gasteiger partial charge in [-0.05, 0) is 46.5 Å². The number of rotatable bonds is 7. The smallest absolute Gasteiger partial charge is 0.408 e. The first-order valence-electron chi connectivity index (χ1n) is 11.9. The van der Waals surface area contributed by atoms with Gasteiger partial charge in [-0.2, -0.15) is 0 Å². The van der Waals surface area contributed by atoms with Crippen molar-refractivity contribution in [3.05, 3.63) is 12.2 Å². The second-order valence-corrected chi connectivity index (χ2v) is 10.4. The summed E-state index contributed by atoms with van der Waals surface area (Å²) in [6, 6.07) is -3.45. The van der Waals surface area contributed by atoms with Gasteiger partial charge in [0, 0.05) is 19.7 Å². The zero-order valence-corrected chi connectivity index (χ0v) is 21.6. The molecule has 196 valence electrons. The van der Waals surface area contributed by atoms with Gasteiger partial charge in [0.15, 0.2) is 0 Å². The van der Waals surface area contributed by atoms with Crippen molar-refractivity contribution >= 4 is 29.7 Å². The molecule has 0 spiro atoms. The second kappa shape index (κ2) is 11.2. The molecular formula is C24H38N4O7. The molecule has 0 bridgehead atoms. The first-order valence-corrected chi connectivity index (χ1v) is 11.9. The Morgan fingerprint density at radius 1 is 1.26 bits per heavy atom. The lowest BCUT2D eigenvalue weighted by molar-refractivity contribution is -0.154. The maximum absolute atomic E-state index is 13.6. The van der Waals surface area contributed by atoms with Crippen LogP contribution in [0.4, 0.5) is 4.79 Å². The molecule has 1 fully saturated rings. The van der Waals surface area contributed by atoms with Crippen molar-refractivity contribution in [1.82, 2.24) is 20.0 Å². The number of hydrogen-bond donors (Lipinski definition) is 2. The summed E-state index contributed by atoms with van der Waals surface area (Å²) >= 11 is 0. The van der Waals surface area contributed by atoms with E-state index in [-0.39, 0.29) is 12.0 Å². The third kappa shape index (κ3) is 6.59. The Labute approximate surface area is 206 Å². The number of carbonyl (C=O) groups excluding carboxylic acids is 5. The average Bonchev–Trinajstić information content (AvgIpc) is 3.36. The first kappa shape index (κ1) is 28.3. The van der Waals surface area contributed by atoms with Crippen LogP contribution in [0.3, 0.4) is 0 Å². The number of aliphatic hydroxyl groups is 1. The van der Waals surface area contributed by atoms with Gasteiger partial charge in [0.1, 0.15) is 23.7 Å². The third-order valence-corrected chi connectivity index (χ3v) is 6.04. The molecule has 35 heavy (non-hydrogen) atoms. The van der Waals surface area contributed by atoms with Crippen LogP contribution in [0.25, 0.3) is 0 Å². The monoisotopic (exact) mass is 494 g/mol. The molecule has 0 aliphatic carbocycles. The minimum atomic E-state index is -1.31. The molecule has 2 N–H and O–H groups in total. The minimum Gasteiger partial charge on any atom is -0.444 e. The fourth-order valence-electron chi connectivity index (χ4n) is 4.43. The van der Waals surface area contributed by atoms with E-state index < -0.39 is 60.1 Å². The summed E-state index contributed by atoms with van der Waals surface area (Å²) in [5.74, 6) is -2.27.